The van der Waals surface area contributed by atoms with Crippen LogP contribution in [-0.4, -0.2) is 17.6 Å². The standard InChI is InChI=1S/C17H28N2/c1-14(2)11-16-5-3-7-17(12-16)19-10-8-15-6-4-9-18-13-15/h4,6,9,13-14,16-17,19H,3,5,7-8,10-12H2,1-2H3. The zero-order valence-corrected chi connectivity index (χ0v) is 12.4. The molecule has 0 bridgehead atoms. The molecule has 0 saturated heterocycles. The Labute approximate surface area is 118 Å². The van der Waals surface area contributed by atoms with Gasteiger partial charge in [-0.3, -0.25) is 4.98 Å². The summed E-state index contributed by atoms with van der Waals surface area (Å²) in [6.45, 7) is 5.78. The lowest BCUT2D eigenvalue weighted by Gasteiger charge is -2.31. The first-order valence-electron chi connectivity index (χ1n) is 7.86. The van der Waals surface area contributed by atoms with Gasteiger partial charge in [-0.2, -0.15) is 0 Å². The van der Waals surface area contributed by atoms with E-state index >= 15 is 0 Å². The Kier molecular flexibility index (Phi) is 5.84. The zero-order valence-electron chi connectivity index (χ0n) is 12.4. The van der Waals surface area contributed by atoms with Gasteiger partial charge < -0.3 is 5.32 Å². The van der Waals surface area contributed by atoms with Crippen LogP contribution >= 0.6 is 0 Å². The van der Waals surface area contributed by atoms with Gasteiger partial charge in [0.15, 0.2) is 0 Å². The van der Waals surface area contributed by atoms with Gasteiger partial charge in [0, 0.05) is 18.4 Å². The van der Waals surface area contributed by atoms with Crippen molar-refractivity contribution in [1.82, 2.24) is 10.3 Å². The van der Waals surface area contributed by atoms with E-state index in [0.29, 0.717) is 0 Å². The molecule has 2 heteroatoms. The highest BCUT2D eigenvalue weighted by atomic mass is 14.9. The second kappa shape index (κ2) is 7.64. The van der Waals surface area contributed by atoms with Crippen LogP contribution in [0.25, 0.3) is 0 Å². The molecule has 2 rings (SSSR count). The van der Waals surface area contributed by atoms with E-state index in [9.17, 15) is 0 Å². The molecule has 1 aromatic rings. The third kappa shape index (κ3) is 5.32. The normalized spacial score (nSPS) is 23.7. The molecular formula is C17H28N2. The minimum atomic E-state index is 0.745. The molecule has 106 valence electrons. The van der Waals surface area contributed by atoms with E-state index in [4.69, 9.17) is 0 Å². The molecule has 0 aromatic carbocycles. The molecule has 0 radical (unpaired) electrons. The van der Waals surface area contributed by atoms with Gasteiger partial charge in [-0.25, -0.2) is 0 Å². The summed E-state index contributed by atoms with van der Waals surface area (Å²) >= 11 is 0. The number of aromatic nitrogens is 1. The number of nitrogens with zero attached hydrogens (tertiary/aromatic N) is 1. The molecule has 0 aliphatic heterocycles. The maximum atomic E-state index is 4.17. The first-order valence-corrected chi connectivity index (χ1v) is 7.86. The lowest BCUT2D eigenvalue weighted by atomic mass is 9.81. The minimum Gasteiger partial charge on any atom is -0.314 e. The Morgan fingerprint density at radius 3 is 3.00 bits per heavy atom. The van der Waals surface area contributed by atoms with E-state index in [1.807, 2.05) is 18.5 Å². The largest absolute Gasteiger partial charge is 0.314 e. The van der Waals surface area contributed by atoms with Crippen molar-refractivity contribution in [3.8, 4) is 0 Å². The van der Waals surface area contributed by atoms with Gasteiger partial charge in [0.05, 0.1) is 0 Å². The van der Waals surface area contributed by atoms with Crippen molar-refractivity contribution in [2.24, 2.45) is 11.8 Å². The lowest BCUT2D eigenvalue weighted by molar-refractivity contribution is 0.253. The van der Waals surface area contributed by atoms with E-state index in [2.05, 4.69) is 30.2 Å². The Hall–Kier alpha value is -0.890. The molecule has 19 heavy (non-hydrogen) atoms. The molecule has 1 fully saturated rings. The van der Waals surface area contributed by atoms with E-state index < -0.39 is 0 Å². The molecule has 1 heterocycles. The van der Waals surface area contributed by atoms with Gasteiger partial charge in [0.2, 0.25) is 0 Å². The van der Waals surface area contributed by atoms with Crippen molar-refractivity contribution < 1.29 is 0 Å². The van der Waals surface area contributed by atoms with Crippen LogP contribution < -0.4 is 5.32 Å². The van der Waals surface area contributed by atoms with Crippen LogP contribution in [-0.2, 0) is 6.42 Å². The molecule has 1 N–H and O–H groups in total. The summed E-state index contributed by atoms with van der Waals surface area (Å²) in [7, 11) is 0. The molecular weight excluding hydrogens is 232 g/mol. The highest BCUT2D eigenvalue weighted by molar-refractivity contribution is 5.08. The maximum absolute atomic E-state index is 4.17. The second-order valence-electron chi connectivity index (χ2n) is 6.42. The zero-order chi connectivity index (χ0) is 13.5. The Balaban J connectivity index is 1.68. The molecule has 1 aliphatic carbocycles. The Morgan fingerprint density at radius 1 is 1.37 bits per heavy atom. The van der Waals surface area contributed by atoms with Crippen LogP contribution in [0.4, 0.5) is 0 Å². The van der Waals surface area contributed by atoms with E-state index in [1.54, 1.807) is 0 Å². The van der Waals surface area contributed by atoms with Crippen molar-refractivity contribution in [2.75, 3.05) is 6.54 Å². The van der Waals surface area contributed by atoms with Crippen LogP contribution in [0.5, 0.6) is 0 Å². The second-order valence-corrected chi connectivity index (χ2v) is 6.42. The molecule has 2 nitrogen and oxygen atoms in total. The number of hydrogen-bond acceptors (Lipinski definition) is 2. The van der Waals surface area contributed by atoms with Gasteiger partial charge in [-0.05, 0) is 55.7 Å². The first-order chi connectivity index (χ1) is 9.24. The first kappa shape index (κ1) is 14.5. The van der Waals surface area contributed by atoms with E-state index in [-0.39, 0.29) is 0 Å². The topological polar surface area (TPSA) is 24.9 Å². The Morgan fingerprint density at radius 2 is 2.26 bits per heavy atom. The third-order valence-electron chi connectivity index (χ3n) is 4.16. The van der Waals surface area contributed by atoms with Gasteiger partial charge in [-0.1, -0.05) is 32.8 Å². The van der Waals surface area contributed by atoms with Crippen molar-refractivity contribution >= 4 is 0 Å². The fraction of sp³-hybridized carbons (Fsp3) is 0.706. The highest BCUT2D eigenvalue weighted by Crippen LogP contribution is 2.29. The van der Waals surface area contributed by atoms with Crippen molar-refractivity contribution in [3.63, 3.8) is 0 Å². The van der Waals surface area contributed by atoms with Gasteiger partial charge in [0.1, 0.15) is 0 Å². The summed E-state index contributed by atoms with van der Waals surface area (Å²) in [5.41, 5.74) is 1.34. The van der Waals surface area contributed by atoms with Gasteiger partial charge in [-0.15, -0.1) is 0 Å². The average molecular weight is 260 g/mol. The maximum Gasteiger partial charge on any atom is 0.0300 e. The summed E-state index contributed by atoms with van der Waals surface area (Å²) in [6, 6.07) is 4.93. The van der Waals surface area contributed by atoms with Crippen LogP contribution in [0, 0.1) is 11.8 Å². The number of pyridine rings is 1. The molecule has 1 saturated carbocycles. The fourth-order valence-corrected chi connectivity index (χ4v) is 3.32. The number of nitrogens with one attached hydrogen (secondary N) is 1. The van der Waals surface area contributed by atoms with Crippen molar-refractivity contribution in [1.29, 1.82) is 0 Å². The summed E-state index contributed by atoms with van der Waals surface area (Å²) in [6.07, 6.45) is 11.9. The molecule has 1 aromatic heterocycles. The van der Waals surface area contributed by atoms with E-state index in [1.165, 1.54) is 37.7 Å². The number of hydrogen-bond donors (Lipinski definition) is 1. The summed E-state index contributed by atoms with van der Waals surface area (Å²) in [5.74, 6) is 1.80. The van der Waals surface area contributed by atoms with Crippen LogP contribution in [0.1, 0.15) is 51.5 Å². The van der Waals surface area contributed by atoms with E-state index in [0.717, 1.165) is 30.8 Å². The smallest absolute Gasteiger partial charge is 0.0300 e. The Bertz CT molecular complexity index is 348. The quantitative estimate of drug-likeness (QED) is 0.841. The van der Waals surface area contributed by atoms with Crippen LogP contribution in [0.15, 0.2) is 24.5 Å². The predicted octanol–water partition coefficient (Wildman–Crippen LogP) is 3.82. The lowest BCUT2D eigenvalue weighted by Crippen LogP contribution is -2.35. The van der Waals surface area contributed by atoms with Gasteiger partial charge in [0.25, 0.3) is 0 Å². The predicted molar refractivity (Wildman–Crippen MR) is 81.1 cm³/mol. The summed E-state index contributed by atoms with van der Waals surface area (Å²) in [4.78, 5) is 4.17. The van der Waals surface area contributed by atoms with Crippen molar-refractivity contribution in [3.05, 3.63) is 30.1 Å². The minimum absolute atomic E-state index is 0.745. The SMILES string of the molecule is CC(C)CC1CCCC(NCCc2cccnc2)C1. The van der Waals surface area contributed by atoms with Gasteiger partial charge >= 0.3 is 0 Å². The van der Waals surface area contributed by atoms with Crippen molar-refractivity contribution in [2.45, 2.75) is 58.4 Å². The molecule has 2 unspecified atom stereocenters. The fourth-order valence-electron chi connectivity index (χ4n) is 3.32. The summed E-state index contributed by atoms with van der Waals surface area (Å²) in [5, 5.41) is 3.75. The molecule has 0 spiro atoms. The average Bonchev–Trinajstić information content (AvgIpc) is 2.40. The molecule has 2 atom stereocenters. The monoisotopic (exact) mass is 260 g/mol. The summed E-state index contributed by atoms with van der Waals surface area (Å²) < 4.78 is 0. The van der Waals surface area contributed by atoms with Crippen LogP contribution in [0.3, 0.4) is 0 Å². The third-order valence-corrected chi connectivity index (χ3v) is 4.16. The molecule has 0 amide bonds. The highest BCUT2D eigenvalue weighted by Gasteiger charge is 2.21. The molecule has 1 aliphatic rings. The van der Waals surface area contributed by atoms with Crippen LogP contribution in [0.2, 0.25) is 0 Å². The number of rotatable bonds is 6.